The van der Waals surface area contributed by atoms with Gasteiger partial charge in [0, 0.05) is 23.6 Å². The molecule has 100 valence electrons. The number of benzene rings is 1. The van der Waals surface area contributed by atoms with Gasteiger partial charge < -0.3 is 10.6 Å². The van der Waals surface area contributed by atoms with Crippen LogP contribution in [0.2, 0.25) is 0 Å². The fourth-order valence-electron chi connectivity index (χ4n) is 2.02. The Labute approximate surface area is 116 Å². The van der Waals surface area contributed by atoms with Gasteiger partial charge in [0.2, 0.25) is 0 Å². The summed E-state index contributed by atoms with van der Waals surface area (Å²) in [6.07, 6.45) is 0. The lowest BCUT2D eigenvalue weighted by Gasteiger charge is -2.29. The molecule has 0 bridgehead atoms. The molecule has 1 heterocycles. The smallest absolute Gasteiger partial charge is 0.153 e. The molecule has 1 aromatic carbocycles. The maximum Gasteiger partial charge on any atom is 0.153 e. The van der Waals surface area contributed by atoms with Gasteiger partial charge in [-0.1, -0.05) is 6.07 Å². The summed E-state index contributed by atoms with van der Waals surface area (Å²) in [5.41, 5.74) is 7.93. The average Bonchev–Trinajstić information content (AvgIpc) is 2.29. The molecule has 1 fully saturated rings. The number of anilines is 1. The predicted molar refractivity (Wildman–Crippen MR) is 77.6 cm³/mol. The zero-order valence-corrected chi connectivity index (χ0v) is 12.7. The standard InChI is InChI=1S/C12H17BrN2O2S/c1-9(14)10-2-3-12(11(13)8-10)15-4-6-18(16,17)7-5-15/h2-3,8-9H,4-7,14H2,1H3/t9-/m0/s1. The highest BCUT2D eigenvalue weighted by atomic mass is 79.9. The molecule has 1 atom stereocenters. The monoisotopic (exact) mass is 332 g/mol. The zero-order valence-electron chi connectivity index (χ0n) is 10.3. The summed E-state index contributed by atoms with van der Waals surface area (Å²) in [5, 5.41) is 0. The van der Waals surface area contributed by atoms with Gasteiger partial charge in [0.1, 0.15) is 0 Å². The van der Waals surface area contributed by atoms with Crippen molar-refractivity contribution in [3.8, 4) is 0 Å². The van der Waals surface area contributed by atoms with Gasteiger partial charge in [0.25, 0.3) is 0 Å². The van der Waals surface area contributed by atoms with Crippen LogP contribution >= 0.6 is 15.9 Å². The molecule has 0 unspecified atom stereocenters. The number of halogens is 1. The maximum atomic E-state index is 11.4. The zero-order chi connectivity index (χ0) is 13.3. The van der Waals surface area contributed by atoms with Gasteiger partial charge in [0.15, 0.2) is 9.84 Å². The summed E-state index contributed by atoms with van der Waals surface area (Å²) in [7, 11) is -2.84. The van der Waals surface area contributed by atoms with Gasteiger partial charge in [0.05, 0.1) is 17.2 Å². The molecule has 4 nitrogen and oxygen atoms in total. The lowest BCUT2D eigenvalue weighted by molar-refractivity contribution is 0.586. The van der Waals surface area contributed by atoms with E-state index in [-0.39, 0.29) is 17.5 Å². The molecule has 6 heteroatoms. The third-order valence-electron chi connectivity index (χ3n) is 3.18. The van der Waals surface area contributed by atoms with Crippen LogP contribution in [0.1, 0.15) is 18.5 Å². The summed E-state index contributed by atoms with van der Waals surface area (Å²) >= 11 is 3.53. The molecule has 0 aliphatic carbocycles. The lowest BCUT2D eigenvalue weighted by Crippen LogP contribution is -2.40. The van der Waals surface area contributed by atoms with Crippen LogP contribution in [0.5, 0.6) is 0 Å². The second kappa shape index (κ2) is 5.19. The van der Waals surface area contributed by atoms with Crippen molar-refractivity contribution in [2.75, 3.05) is 29.5 Å². The molecule has 0 saturated carbocycles. The number of sulfone groups is 1. The van der Waals surface area contributed by atoms with E-state index >= 15 is 0 Å². The van der Waals surface area contributed by atoms with E-state index in [0.717, 1.165) is 15.7 Å². The van der Waals surface area contributed by atoms with Gasteiger partial charge in [-0.2, -0.15) is 0 Å². The Kier molecular flexibility index (Phi) is 3.99. The van der Waals surface area contributed by atoms with E-state index in [9.17, 15) is 8.42 Å². The van der Waals surface area contributed by atoms with Crippen molar-refractivity contribution in [1.82, 2.24) is 0 Å². The first-order chi connectivity index (χ1) is 8.39. The van der Waals surface area contributed by atoms with Gasteiger partial charge in [-0.05, 0) is 40.5 Å². The average molecular weight is 333 g/mol. The van der Waals surface area contributed by atoms with Crippen LogP contribution in [0.4, 0.5) is 5.69 Å². The molecule has 0 amide bonds. The molecular weight excluding hydrogens is 316 g/mol. The summed E-state index contributed by atoms with van der Waals surface area (Å²) in [5.74, 6) is 0.461. The second-order valence-electron chi connectivity index (χ2n) is 4.64. The summed E-state index contributed by atoms with van der Waals surface area (Å²) in [6, 6.07) is 6.00. The van der Waals surface area contributed by atoms with E-state index in [1.54, 1.807) is 0 Å². The van der Waals surface area contributed by atoms with Crippen molar-refractivity contribution in [1.29, 1.82) is 0 Å². The molecule has 2 rings (SSSR count). The van der Waals surface area contributed by atoms with Crippen LogP contribution in [-0.4, -0.2) is 33.0 Å². The highest BCUT2D eigenvalue weighted by Crippen LogP contribution is 2.29. The molecule has 1 aliphatic rings. The minimum absolute atomic E-state index is 0.00270. The number of hydrogen-bond donors (Lipinski definition) is 1. The van der Waals surface area contributed by atoms with Crippen LogP contribution in [0.3, 0.4) is 0 Å². The molecule has 0 radical (unpaired) electrons. The third kappa shape index (κ3) is 3.05. The third-order valence-corrected chi connectivity index (χ3v) is 5.43. The fraction of sp³-hybridized carbons (Fsp3) is 0.500. The van der Waals surface area contributed by atoms with E-state index in [1.165, 1.54) is 0 Å². The first-order valence-electron chi connectivity index (χ1n) is 5.89. The van der Waals surface area contributed by atoms with Crippen molar-refractivity contribution < 1.29 is 8.42 Å². The summed E-state index contributed by atoms with van der Waals surface area (Å²) in [4.78, 5) is 2.09. The van der Waals surface area contributed by atoms with Crippen LogP contribution in [-0.2, 0) is 9.84 Å². The highest BCUT2D eigenvalue weighted by molar-refractivity contribution is 9.10. The van der Waals surface area contributed by atoms with Crippen LogP contribution in [0.15, 0.2) is 22.7 Å². The Balaban J connectivity index is 2.20. The Bertz CT molecular complexity index is 529. The number of hydrogen-bond acceptors (Lipinski definition) is 4. The van der Waals surface area contributed by atoms with Crippen LogP contribution in [0.25, 0.3) is 0 Å². The predicted octanol–water partition coefficient (Wildman–Crippen LogP) is 1.70. The van der Waals surface area contributed by atoms with Gasteiger partial charge in [-0.25, -0.2) is 8.42 Å². The molecule has 0 aromatic heterocycles. The van der Waals surface area contributed by atoms with Gasteiger partial charge in [-0.3, -0.25) is 0 Å². The van der Waals surface area contributed by atoms with Crippen LogP contribution in [0, 0.1) is 0 Å². The number of nitrogens with zero attached hydrogens (tertiary/aromatic N) is 1. The quantitative estimate of drug-likeness (QED) is 0.895. The Morgan fingerprint density at radius 1 is 1.33 bits per heavy atom. The topological polar surface area (TPSA) is 63.4 Å². The normalized spacial score (nSPS) is 20.7. The molecule has 1 saturated heterocycles. The van der Waals surface area contributed by atoms with Gasteiger partial charge >= 0.3 is 0 Å². The largest absolute Gasteiger partial charge is 0.369 e. The second-order valence-corrected chi connectivity index (χ2v) is 7.80. The van der Waals surface area contributed by atoms with Gasteiger partial charge in [-0.15, -0.1) is 0 Å². The Morgan fingerprint density at radius 2 is 1.94 bits per heavy atom. The highest BCUT2D eigenvalue weighted by Gasteiger charge is 2.23. The summed E-state index contributed by atoms with van der Waals surface area (Å²) in [6.45, 7) is 3.05. The number of nitrogens with two attached hydrogens (primary N) is 1. The van der Waals surface area contributed by atoms with Crippen LogP contribution < -0.4 is 10.6 Å². The SMILES string of the molecule is C[C@H](N)c1ccc(N2CCS(=O)(=O)CC2)c(Br)c1. The number of rotatable bonds is 2. The van der Waals surface area contributed by atoms with Crippen molar-refractivity contribution in [3.63, 3.8) is 0 Å². The molecule has 1 aromatic rings. The lowest BCUT2D eigenvalue weighted by atomic mass is 10.1. The Morgan fingerprint density at radius 3 is 2.44 bits per heavy atom. The fourth-order valence-corrected chi connectivity index (χ4v) is 3.86. The van der Waals surface area contributed by atoms with Crippen molar-refractivity contribution in [2.24, 2.45) is 5.73 Å². The molecule has 1 aliphatic heterocycles. The maximum absolute atomic E-state index is 11.4. The summed E-state index contributed by atoms with van der Waals surface area (Å²) < 4.78 is 23.8. The van der Waals surface area contributed by atoms with E-state index in [0.29, 0.717) is 13.1 Å². The minimum Gasteiger partial charge on any atom is -0.369 e. The Hall–Kier alpha value is -0.590. The first kappa shape index (κ1) is 13.8. The van der Waals surface area contributed by atoms with Crippen molar-refractivity contribution in [3.05, 3.63) is 28.2 Å². The van der Waals surface area contributed by atoms with Crippen molar-refractivity contribution in [2.45, 2.75) is 13.0 Å². The van der Waals surface area contributed by atoms with Crippen molar-refractivity contribution >= 4 is 31.5 Å². The minimum atomic E-state index is -2.84. The molecule has 0 spiro atoms. The molecule has 2 N–H and O–H groups in total. The molecular formula is C12H17BrN2O2S. The van der Waals surface area contributed by atoms with E-state index < -0.39 is 9.84 Å². The van der Waals surface area contributed by atoms with E-state index in [4.69, 9.17) is 5.73 Å². The molecule has 18 heavy (non-hydrogen) atoms. The van der Waals surface area contributed by atoms with E-state index in [1.807, 2.05) is 25.1 Å². The first-order valence-corrected chi connectivity index (χ1v) is 8.51. The van der Waals surface area contributed by atoms with E-state index in [2.05, 4.69) is 20.8 Å².